The van der Waals surface area contributed by atoms with E-state index in [9.17, 15) is 9.90 Å². The van der Waals surface area contributed by atoms with Gasteiger partial charge in [-0.1, -0.05) is 12.1 Å². The number of nitriles is 1. The number of benzene rings is 2. The summed E-state index contributed by atoms with van der Waals surface area (Å²) in [5, 5.41) is 21.0. The molecule has 0 aromatic heterocycles. The fourth-order valence-electron chi connectivity index (χ4n) is 1.83. The van der Waals surface area contributed by atoms with Crippen molar-refractivity contribution in [1.82, 2.24) is 0 Å². The van der Waals surface area contributed by atoms with Crippen LogP contribution in [0.1, 0.15) is 15.9 Å². The van der Waals surface area contributed by atoms with Gasteiger partial charge in [0.15, 0.2) is 11.5 Å². The second-order valence-corrected chi connectivity index (χ2v) is 4.37. The highest BCUT2D eigenvalue weighted by atomic mass is 16.5. The number of carbonyl (C=O) groups is 1. The van der Waals surface area contributed by atoms with E-state index in [4.69, 9.17) is 10.00 Å². The van der Waals surface area contributed by atoms with Crippen LogP contribution in [0.25, 0.3) is 0 Å². The first-order valence-corrected chi connectivity index (χ1v) is 6.28. The Morgan fingerprint density at radius 1 is 1.29 bits per heavy atom. The quantitative estimate of drug-likeness (QED) is 0.903. The zero-order valence-electron chi connectivity index (χ0n) is 11.5. The van der Waals surface area contributed by atoms with Crippen molar-refractivity contribution < 1.29 is 14.6 Å². The van der Waals surface area contributed by atoms with Crippen molar-refractivity contribution in [2.75, 3.05) is 12.4 Å². The van der Waals surface area contributed by atoms with Gasteiger partial charge in [0.25, 0.3) is 5.91 Å². The number of hydrogen-bond donors (Lipinski definition) is 2. The van der Waals surface area contributed by atoms with Crippen LogP contribution in [0.2, 0.25) is 0 Å². The van der Waals surface area contributed by atoms with Crippen LogP contribution in [0.3, 0.4) is 0 Å². The number of phenols is 1. The van der Waals surface area contributed by atoms with Crippen molar-refractivity contribution >= 4 is 11.6 Å². The van der Waals surface area contributed by atoms with E-state index in [0.717, 1.165) is 5.56 Å². The van der Waals surface area contributed by atoms with Gasteiger partial charge in [-0.15, -0.1) is 0 Å². The van der Waals surface area contributed by atoms with Crippen molar-refractivity contribution in [3.05, 3.63) is 53.6 Å². The monoisotopic (exact) mass is 282 g/mol. The van der Waals surface area contributed by atoms with Gasteiger partial charge in [-0.2, -0.15) is 5.26 Å². The minimum absolute atomic E-state index is 0.0884. The van der Waals surface area contributed by atoms with Gasteiger partial charge in [0.05, 0.1) is 19.6 Å². The van der Waals surface area contributed by atoms with E-state index in [1.54, 1.807) is 30.3 Å². The first kappa shape index (κ1) is 14.4. The molecule has 106 valence electrons. The van der Waals surface area contributed by atoms with Gasteiger partial charge >= 0.3 is 0 Å². The van der Waals surface area contributed by atoms with Crippen molar-refractivity contribution in [3.8, 4) is 17.6 Å². The Balaban J connectivity index is 2.10. The minimum atomic E-state index is -0.332. The van der Waals surface area contributed by atoms with Gasteiger partial charge in [0, 0.05) is 11.3 Å². The third-order valence-electron chi connectivity index (χ3n) is 2.94. The summed E-state index contributed by atoms with van der Waals surface area (Å²) >= 11 is 0. The number of anilines is 1. The molecule has 0 fully saturated rings. The molecule has 21 heavy (non-hydrogen) atoms. The number of hydrogen-bond acceptors (Lipinski definition) is 4. The van der Waals surface area contributed by atoms with Crippen LogP contribution in [-0.4, -0.2) is 18.1 Å². The smallest absolute Gasteiger partial charge is 0.255 e. The van der Waals surface area contributed by atoms with Gasteiger partial charge in [0.2, 0.25) is 0 Å². The number of methoxy groups -OCH3 is 1. The summed E-state index contributed by atoms with van der Waals surface area (Å²) in [7, 11) is 1.44. The number of carbonyl (C=O) groups excluding carboxylic acids is 1. The van der Waals surface area contributed by atoms with Gasteiger partial charge in [-0.3, -0.25) is 4.79 Å². The first-order valence-electron chi connectivity index (χ1n) is 6.28. The lowest BCUT2D eigenvalue weighted by atomic mass is 10.1. The number of phenolic OH excluding ortho intramolecular Hbond substituents is 1. The standard InChI is InChI=1S/C16H14N2O3/c1-21-15-7-4-12(10-14(15)19)16(20)18-13-5-2-11(3-6-13)8-9-17/h2-7,10,19H,8H2,1H3,(H,18,20). The topological polar surface area (TPSA) is 82.3 Å². The normalized spacial score (nSPS) is 9.71. The number of rotatable bonds is 4. The molecule has 2 rings (SSSR count). The molecule has 0 unspecified atom stereocenters. The van der Waals surface area contributed by atoms with Crippen molar-refractivity contribution in [2.45, 2.75) is 6.42 Å². The first-order chi connectivity index (χ1) is 10.1. The van der Waals surface area contributed by atoms with E-state index >= 15 is 0 Å². The maximum Gasteiger partial charge on any atom is 0.255 e. The van der Waals surface area contributed by atoms with E-state index in [0.29, 0.717) is 23.4 Å². The Labute approximate surface area is 122 Å². The van der Waals surface area contributed by atoms with Gasteiger partial charge in [0.1, 0.15) is 0 Å². The fraction of sp³-hybridized carbons (Fsp3) is 0.125. The van der Waals surface area contributed by atoms with E-state index in [1.165, 1.54) is 19.2 Å². The summed E-state index contributed by atoms with van der Waals surface area (Å²) in [6.07, 6.45) is 0.334. The third kappa shape index (κ3) is 3.51. The van der Waals surface area contributed by atoms with Crippen molar-refractivity contribution in [3.63, 3.8) is 0 Å². The lowest BCUT2D eigenvalue weighted by Gasteiger charge is -2.08. The lowest BCUT2D eigenvalue weighted by Crippen LogP contribution is -2.11. The van der Waals surface area contributed by atoms with Crippen LogP contribution in [0, 0.1) is 11.3 Å². The molecule has 0 spiro atoms. The molecule has 0 radical (unpaired) electrons. The molecule has 0 aliphatic heterocycles. The number of nitrogens with zero attached hydrogens (tertiary/aromatic N) is 1. The molecule has 2 N–H and O–H groups in total. The average molecular weight is 282 g/mol. The van der Waals surface area contributed by atoms with E-state index < -0.39 is 0 Å². The minimum Gasteiger partial charge on any atom is -0.504 e. The molecule has 2 aromatic carbocycles. The Hall–Kier alpha value is -3.00. The van der Waals surface area contributed by atoms with Crippen molar-refractivity contribution in [1.29, 1.82) is 5.26 Å². The summed E-state index contributed by atoms with van der Waals surface area (Å²) < 4.78 is 4.93. The molecular formula is C16H14N2O3. The van der Waals surface area contributed by atoms with Crippen LogP contribution in [0.15, 0.2) is 42.5 Å². The summed E-state index contributed by atoms with van der Waals surface area (Å²) in [4.78, 5) is 12.1. The van der Waals surface area contributed by atoms with Crippen LogP contribution in [0.5, 0.6) is 11.5 Å². The van der Waals surface area contributed by atoms with Crippen LogP contribution in [0.4, 0.5) is 5.69 Å². The molecule has 0 aliphatic rings. The summed E-state index contributed by atoms with van der Waals surface area (Å²) in [6, 6.07) is 13.5. The number of aromatic hydroxyl groups is 1. The highest BCUT2D eigenvalue weighted by Crippen LogP contribution is 2.26. The second-order valence-electron chi connectivity index (χ2n) is 4.37. The number of ether oxygens (including phenoxy) is 1. The summed E-state index contributed by atoms with van der Waals surface area (Å²) in [6.45, 7) is 0. The third-order valence-corrected chi connectivity index (χ3v) is 2.94. The molecule has 1 amide bonds. The highest BCUT2D eigenvalue weighted by Gasteiger charge is 2.09. The van der Waals surface area contributed by atoms with Crippen LogP contribution >= 0.6 is 0 Å². The molecule has 0 saturated heterocycles. The Morgan fingerprint density at radius 3 is 2.57 bits per heavy atom. The molecular weight excluding hydrogens is 268 g/mol. The van der Waals surface area contributed by atoms with Gasteiger partial charge in [-0.05, 0) is 35.9 Å². The van der Waals surface area contributed by atoms with Gasteiger partial charge < -0.3 is 15.2 Å². The maximum absolute atomic E-state index is 12.1. The molecule has 0 atom stereocenters. The van der Waals surface area contributed by atoms with Crippen LogP contribution in [-0.2, 0) is 6.42 Å². The van der Waals surface area contributed by atoms with E-state index in [2.05, 4.69) is 11.4 Å². The largest absolute Gasteiger partial charge is 0.504 e. The molecule has 5 nitrogen and oxygen atoms in total. The summed E-state index contributed by atoms with van der Waals surface area (Å²) in [5.74, 6) is -0.108. The maximum atomic E-state index is 12.1. The average Bonchev–Trinajstić information content (AvgIpc) is 2.49. The SMILES string of the molecule is COc1ccc(C(=O)Nc2ccc(CC#N)cc2)cc1O. The van der Waals surface area contributed by atoms with Gasteiger partial charge in [-0.25, -0.2) is 0 Å². The predicted octanol–water partition coefficient (Wildman–Crippen LogP) is 2.72. The van der Waals surface area contributed by atoms with E-state index in [-0.39, 0.29) is 11.7 Å². The van der Waals surface area contributed by atoms with Crippen molar-refractivity contribution in [2.24, 2.45) is 0 Å². The zero-order chi connectivity index (χ0) is 15.2. The molecule has 0 bridgehead atoms. The molecule has 2 aromatic rings. The fourth-order valence-corrected chi connectivity index (χ4v) is 1.83. The molecule has 0 heterocycles. The zero-order valence-corrected chi connectivity index (χ0v) is 11.5. The van der Waals surface area contributed by atoms with E-state index in [1.807, 2.05) is 0 Å². The molecule has 0 aliphatic carbocycles. The number of amides is 1. The van der Waals surface area contributed by atoms with Crippen LogP contribution < -0.4 is 10.1 Å². The Morgan fingerprint density at radius 2 is 2.00 bits per heavy atom. The summed E-state index contributed by atoms with van der Waals surface area (Å²) in [5.41, 5.74) is 1.84. The Bertz CT molecular complexity index is 688. The molecule has 0 saturated carbocycles. The highest BCUT2D eigenvalue weighted by molar-refractivity contribution is 6.04. The Kier molecular flexibility index (Phi) is 4.42. The number of nitrogens with one attached hydrogen (secondary N) is 1. The predicted molar refractivity (Wildman–Crippen MR) is 78.4 cm³/mol. The molecule has 5 heteroatoms. The lowest BCUT2D eigenvalue weighted by molar-refractivity contribution is 0.102. The second kappa shape index (κ2) is 6.44.